The van der Waals surface area contributed by atoms with Crippen molar-refractivity contribution in [3.8, 4) is 0 Å². The van der Waals surface area contributed by atoms with E-state index in [1.807, 2.05) is 51.3 Å². The number of nitrogens with zero attached hydrogens (tertiary/aromatic N) is 1. The molecule has 1 nitrogen and oxygen atoms in total. The van der Waals surface area contributed by atoms with Gasteiger partial charge in [-0.05, 0) is 31.1 Å². The van der Waals surface area contributed by atoms with E-state index in [1.165, 1.54) is 5.56 Å². The summed E-state index contributed by atoms with van der Waals surface area (Å²) in [5.74, 6) is 0. The predicted molar refractivity (Wildman–Crippen MR) is 73.4 cm³/mol. The molecule has 1 rings (SSSR count). The number of hydrogen-bond acceptors (Lipinski definition) is 1. The second kappa shape index (κ2) is 10.2. The zero-order chi connectivity index (χ0) is 12.2. The van der Waals surface area contributed by atoms with E-state index in [-0.39, 0.29) is 0 Å². The van der Waals surface area contributed by atoms with Crippen LogP contribution in [0.1, 0.15) is 45.4 Å². The highest BCUT2D eigenvalue weighted by molar-refractivity contribution is 5.50. The Morgan fingerprint density at radius 1 is 1.25 bits per heavy atom. The molecule has 1 aromatic heterocycles. The highest BCUT2D eigenvalue weighted by Gasteiger charge is 1.96. The number of aromatic nitrogens is 1. The van der Waals surface area contributed by atoms with Crippen LogP contribution in [0.15, 0.2) is 36.6 Å². The maximum atomic E-state index is 4.35. The van der Waals surface area contributed by atoms with E-state index in [0.29, 0.717) is 0 Å². The first kappa shape index (κ1) is 14.6. The summed E-state index contributed by atoms with van der Waals surface area (Å²) < 4.78 is 0. The van der Waals surface area contributed by atoms with Gasteiger partial charge in [-0.2, -0.15) is 0 Å². The van der Waals surface area contributed by atoms with Gasteiger partial charge >= 0.3 is 0 Å². The van der Waals surface area contributed by atoms with Gasteiger partial charge in [0.05, 0.1) is 5.69 Å². The minimum Gasteiger partial charge on any atom is -0.257 e. The van der Waals surface area contributed by atoms with Gasteiger partial charge in [-0.25, -0.2) is 0 Å². The Labute approximate surface area is 99.9 Å². The molecule has 0 saturated carbocycles. The summed E-state index contributed by atoms with van der Waals surface area (Å²) in [7, 11) is 0. The van der Waals surface area contributed by atoms with Crippen LogP contribution in [0.2, 0.25) is 0 Å². The molecule has 0 amide bonds. The molecule has 0 radical (unpaired) electrons. The third-order valence-corrected chi connectivity index (χ3v) is 2.00. The first-order chi connectivity index (χ1) is 7.88. The summed E-state index contributed by atoms with van der Waals surface area (Å²) >= 11 is 0. The molecule has 0 N–H and O–H groups in total. The Hall–Kier alpha value is -1.37. The molecule has 1 aromatic rings. The second-order valence-electron chi connectivity index (χ2n) is 3.18. The van der Waals surface area contributed by atoms with Crippen LogP contribution in [0.4, 0.5) is 0 Å². The second-order valence-corrected chi connectivity index (χ2v) is 3.18. The molecule has 0 atom stereocenters. The van der Waals surface area contributed by atoms with E-state index in [0.717, 1.165) is 18.5 Å². The third kappa shape index (κ3) is 5.50. The predicted octanol–water partition coefficient (Wildman–Crippen LogP) is 4.65. The van der Waals surface area contributed by atoms with Crippen molar-refractivity contribution in [2.75, 3.05) is 0 Å². The number of aryl methyl sites for hydroxylation is 1. The van der Waals surface area contributed by atoms with Crippen molar-refractivity contribution >= 4 is 6.08 Å². The fourth-order valence-corrected chi connectivity index (χ4v) is 1.34. The van der Waals surface area contributed by atoms with Crippen molar-refractivity contribution < 1.29 is 0 Å². The van der Waals surface area contributed by atoms with Gasteiger partial charge in [0.25, 0.3) is 0 Å². The average Bonchev–Trinajstić information content (AvgIpc) is 2.35. The summed E-state index contributed by atoms with van der Waals surface area (Å²) in [4.78, 5) is 4.35. The Bertz CT molecular complexity index is 324. The molecule has 0 fully saturated rings. The van der Waals surface area contributed by atoms with Crippen LogP contribution in [0.5, 0.6) is 0 Å². The van der Waals surface area contributed by atoms with Crippen LogP contribution in [0.25, 0.3) is 6.08 Å². The van der Waals surface area contributed by atoms with Crippen LogP contribution in [-0.2, 0) is 6.42 Å². The summed E-state index contributed by atoms with van der Waals surface area (Å²) in [6, 6.07) is 4.14. The maximum Gasteiger partial charge on any atom is 0.0661 e. The zero-order valence-corrected chi connectivity index (χ0v) is 10.9. The third-order valence-electron chi connectivity index (χ3n) is 2.00. The average molecular weight is 217 g/mol. The normalized spacial score (nSPS) is 10.5. The lowest BCUT2D eigenvalue weighted by atomic mass is 10.1. The number of rotatable bonds is 4. The van der Waals surface area contributed by atoms with Crippen molar-refractivity contribution in [3.63, 3.8) is 0 Å². The lowest BCUT2D eigenvalue weighted by molar-refractivity contribution is 0.910. The monoisotopic (exact) mass is 217 g/mol. The Balaban J connectivity index is 0.00000106. The Kier molecular flexibility index (Phi) is 9.29. The number of pyridine rings is 1. The molecule has 88 valence electrons. The van der Waals surface area contributed by atoms with E-state index >= 15 is 0 Å². The Morgan fingerprint density at radius 2 is 2.00 bits per heavy atom. The van der Waals surface area contributed by atoms with E-state index < -0.39 is 0 Å². The standard InChI is InChI=1S/C13H17N.C2H6/c1-3-5-6-10-13-12(8-4-2)9-7-11-14-13;1-2/h3,5-7,9-11H,4,8H2,1-2H3;1-2H3/b5-3-,10-6-;. The van der Waals surface area contributed by atoms with E-state index in [1.54, 1.807) is 0 Å². The first-order valence-corrected chi connectivity index (χ1v) is 6.11. The first-order valence-electron chi connectivity index (χ1n) is 6.11. The topological polar surface area (TPSA) is 12.9 Å². The number of allylic oxidation sites excluding steroid dienone is 3. The summed E-state index contributed by atoms with van der Waals surface area (Å²) in [6.45, 7) is 8.20. The van der Waals surface area contributed by atoms with Gasteiger partial charge in [0.15, 0.2) is 0 Å². The zero-order valence-electron chi connectivity index (χ0n) is 10.9. The molecule has 0 bridgehead atoms. The molecular formula is C15H23N. The molecule has 0 aliphatic heterocycles. The summed E-state index contributed by atoms with van der Waals surface area (Å²) in [5, 5.41) is 0. The molecule has 1 heterocycles. The smallest absolute Gasteiger partial charge is 0.0661 e. The van der Waals surface area contributed by atoms with Crippen molar-refractivity contribution in [1.29, 1.82) is 0 Å². The molecule has 0 spiro atoms. The van der Waals surface area contributed by atoms with Crippen molar-refractivity contribution in [1.82, 2.24) is 4.98 Å². The van der Waals surface area contributed by atoms with Crippen LogP contribution in [0.3, 0.4) is 0 Å². The van der Waals surface area contributed by atoms with Gasteiger partial charge in [-0.15, -0.1) is 0 Å². The highest BCUT2D eigenvalue weighted by atomic mass is 14.7. The molecule has 16 heavy (non-hydrogen) atoms. The number of hydrogen-bond donors (Lipinski definition) is 0. The van der Waals surface area contributed by atoms with Gasteiger partial charge in [-0.3, -0.25) is 4.98 Å². The van der Waals surface area contributed by atoms with Crippen molar-refractivity contribution in [3.05, 3.63) is 47.8 Å². The molecule has 1 heteroatoms. The van der Waals surface area contributed by atoms with Crippen LogP contribution in [0, 0.1) is 0 Å². The maximum absolute atomic E-state index is 4.35. The fourth-order valence-electron chi connectivity index (χ4n) is 1.34. The van der Waals surface area contributed by atoms with E-state index in [2.05, 4.69) is 24.1 Å². The van der Waals surface area contributed by atoms with Gasteiger partial charge in [0.2, 0.25) is 0 Å². The van der Waals surface area contributed by atoms with Crippen molar-refractivity contribution in [2.24, 2.45) is 0 Å². The highest BCUT2D eigenvalue weighted by Crippen LogP contribution is 2.09. The van der Waals surface area contributed by atoms with Gasteiger partial charge < -0.3 is 0 Å². The Morgan fingerprint density at radius 3 is 2.62 bits per heavy atom. The van der Waals surface area contributed by atoms with Crippen molar-refractivity contribution in [2.45, 2.75) is 40.5 Å². The molecular weight excluding hydrogens is 194 g/mol. The van der Waals surface area contributed by atoms with E-state index in [9.17, 15) is 0 Å². The van der Waals surface area contributed by atoms with Crippen LogP contribution in [-0.4, -0.2) is 4.98 Å². The van der Waals surface area contributed by atoms with Crippen LogP contribution < -0.4 is 0 Å². The molecule has 0 unspecified atom stereocenters. The quantitative estimate of drug-likeness (QED) is 0.669. The largest absolute Gasteiger partial charge is 0.257 e. The molecule has 0 aliphatic rings. The van der Waals surface area contributed by atoms with Crippen LogP contribution >= 0.6 is 0 Å². The lowest BCUT2D eigenvalue weighted by Gasteiger charge is -2.01. The fraction of sp³-hybridized carbons (Fsp3) is 0.400. The molecule has 0 aromatic carbocycles. The van der Waals surface area contributed by atoms with Gasteiger partial charge in [-0.1, -0.05) is 51.5 Å². The van der Waals surface area contributed by atoms with Gasteiger partial charge in [0, 0.05) is 6.20 Å². The minimum atomic E-state index is 1.09. The van der Waals surface area contributed by atoms with Gasteiger partial charge in [0.1, 0.15) is 0 Å². The lowest BCUT2D eigenvalue weighted by Crippen LogP contribution is -1.90. The SMILES string of the molecule is C/C=C\C=C/c1ncccc1CCC.CC. The minimum absolute atomic E-state index is 1.09. The summed E-state index contributed by atoms with van der Waals surface area (Å²) in [6.07, 6.45) is 12.2. The molecule has 0 aliphatic carbocycles. The summed E-state index contributed by atoms with van der Waals surface area (Å²) in [5.41, 5.74) is 2.42. The van der Waals surface area contributed by atoms with E-state index in [4.69, 9.17) is 0 Å². The molecule has 0 saturated heterocycles.